The molecule has 1 heterocycles. The molecule has 2 aromatic rings. The summed E-state index contributed by atoms with van der Waals surface area (Å²) in [5.74, 6) is 0.802. The van der Waals surface area contributed by atoms with E-state index < -0.39 is 10.0 Å². The van der Waals surface area contributed by atoms with E-state index in [4.69, 9.17) is 4.74 Å². The zero-order chi connectivity index (χ0) is 20.1. The van der Waals surface area contributed by atoms with Crippen LogP contribution in [-0.4, -0.2) is 32.4 Å². The summed E-state index contributed by atoms with van der Waals surface area (Å²) in [4.78, 5) is 0.316. The van der Waals surface area contributed by atoms with Gasteiger partial charge in [-0.1, -0.05) is 54.1 Å². The molecule has 2 aromatic carbocycles. The normalized spacial score (nSPS) is 15.4. The molecule has 5 heteroatoms. The van der Waals surface area contributed by atoms with E-state index in [0.717, 1.165) is 28.0 Å². The fourth-order valence-electron chi connectivity index (χ4n) is 3.06. The van der Waals surface area contributed by atoms with Crippen LogP contribution in [0.25, 0.3) is 0 Å². The molecule has 0 fully saturated rings. The van der Waals surface area contributed by atoms with Gasteiger partial charge in [0.15, 0.2) is 0 Å². The monoisotopic (exact) mass is 395 g/mol. The first-order chi connectivity index (χ1) is 13.4. The number of benzene rings is 2. The Balaban J connectivity index is 1.72. The van der Waals surface area contributed by atoms with Crippen molar-refractivity contribution >= 4 is 10.0 Å². The van der Waals surface area contributed by atoms with Crippen LogP contribution in [-0.2, 0) is 10.0 Å². The summed E-state index contributed by atoms with van der Waals surface area (Å²) in [5, 5.41) is 0. The Kier molecular flexibility index (Phi) is 6.17. The fraction of sp³-hybridized carbons (Fsp3) is 0.217. The van der Waals surface area contributed by atoms with Gasteiger partial charge in [-0.15, -0.1) is 0 Å². The lowest BCUT2D eigenvalue weighted by molar-refractivity contribution is 0.363. The van der Waals surface area contributed by atoms with Gasteiger partial charge in [0.05, 0.1) is 4.90 Å². The van der Waals surface area contributed by atoms with Gasteiger partial charge in [0.2, 0.25) is 10.0 Å². The van der Waals surface area contributed by atoms with Crippen molar-refractivity contribution < 1.29 is 13.2 Å². The molecule has 0 saturated carbocycles. The lowest BCUT2D eigenvalue weighted by Crippen LogP contribution is -2.29. The number of hydrogen-bond donors (Lipinski definition) is 0. The highest BCUT2D eigenvalue weighted by atomic mass is 32.2. The topological polar surface area (TPSA) is 46.6 Å². The van der Waals surface area contributed by atoms with Crippen molar-refractivity contribution in [1.82, 2.24) is 4.31 Å². The van der Waals surface area contributed by atoms with E-state index in [1.165, 1.54) is 4.31 Å². The maximum Gasteiger partial charge on any atom is 0.243 e. The summed E-state index contributed by atoms with van der Waals surface area (Å²) in [7, 11) is -3.54. The SMILES string of the molecule is C=C(C)C1=C(/C=C/COc2ccccc2)CN(S(=O)(=O)c2ccc(C)cc2)C1. The maximum atomic E-state index is 13.0. The van der Waals surface area contributed by atoms with Gasteiger partial charge in [-0.05, 0) is 55.3 Å². The molecule has 1 aliphatic heterocycles. The Morgan fingerprint density at radius 3 is 2.43 bits per heavy atom. The second-order valence-corrected chi connectivity index (χ2v) is 8.83. The van der Waals surface area contributed by atoms with E-state index in [9.17, 15) is 8.42 Å². The van der Waals surface area contributed by atoms with Crippen LogP contribution in [0.2, 0.25) is 0 Å². The molecule has 146 valence electrons. The zero-order valence-electron chi connectivity index (χ0n) is 16.3. The average Bonchev–Trinajstić information content (AvgIpc) is 3.12. The number of nitrogens with zero attached hydrogens (tertiary/aromatic N) is 1. The first-order valence-electron chi connectivity index (χ1n) is 9.17. The van der Waals surface area contributed by atoms with Gasteiger partial charge in [0, 0.05) is 13.1 Å². The predicted molar refractivity (Wildman–Crippen MR) is 113 cm³/mol. The van der Waals surface area contributed by atoms with Gasteiger partial charge in [-0.3, -0.25) is 0 Å². The third-order valence-electron chi connectivity index (χ3n) is 4.65. The first-order valence-corrected chi connectivity index (χ1v) is 10.6. The molecule has 0 aliphatic carbocycles. The number of ether oxygens (including phenoxy) is 1. The second-order valence-electron chi connectivity index (χ2n) is 6.90. The number of para-hydroxylation sites is 1. The van der Waals surface area contributed by atoms with Crippen molar-refractivity contribution in [1.29, 1.82) is 0 Å². The summed E-state index contributed by atoms with van der Waals surface area (Å²) < 4.78 is 33.2. The van der Waals surface area contributed by atoms with Gasteiger partial charge in [0.25, 0.3) is 0 Å². The van der Waals surface area contributed by atoms with Crippen LogP contribution in [0.3, 0.4) is 0 Å². The second kappa shape index (κ2) is 8.59. The summed E-state index contributed by atoms with van der Waals surface area (Å²) in [6.45, 7) is 8.96. The molecule has 0 atom stereocenters. The Labute approximate surface area is 167 Å². The lowest BCUT2D eigenvalue weighted by atomic mass is 10.1. The minimum atomic E-state index is -3.54. The molecule has 0 spiro atoms. The van der Waals surface area contributed by atoms with Gasteiger partial charge in [-0.25, -0.2) is 8.42 Å². The van der Waals surface area contributed by atoms with Gasteiger partial charge >= 0.3 is 0 Å². The van der Waals surface area contributed by atoms with Crippen LogP contribution in [0.5, 0.6) is 5.75 Å². The predicted octanol–water partition coefficient (Wildman–Crippen LogP) is 4.51. The largest absolute Gasteiger partial charge is 0.490 e. The van der Waals surface area contributed by atoms with E-state index in [1.54, 1.807) is 12.1 Å². The first kappa shape index (κ1) is 20.1. The Hall–Kier alpha value is -2.63. The van der Waals surface area contributed by atoms with E-state index in [2.05, 4.69) is 6.58 Å². The summed E-state index contributed by atoms with van der Waals surface area (Å²) in [6, 6.07) is 16.5. The van der Waals surface area contributed by atoms with Crippen molar-refractivity contribution in [2.75, 3.05) is 19.7 Å². The molecule has 0 N–H and O–H groups in total. The molecule has 0 amide bonds. The van der Waals surface area contributed by atoms with Crippen molar-refractivity contribution in [2.45, 2.75) is 18.7 Å². The minimum absolute atomic E-state index is 0.316. The zero-order valence-corrected chi connectivity index (χ0v) is 17.1. The van der Waals surface area contributed by atoms with Crippen molar-refractivity contribution in [3.63, 3.8) is 0 Å². The highest BCUT2D eigenvalue weighted by Crippen LogP contribution is 2.29. The van der Waals surface area contributed by atoms with Crippen molar-refractivity contribution in [3.8, 4) is 5.75 Å². The Morgan fingerprint density at radius 2 is 1.79 bits per heavy atom. The molecule has 0 radical (unpaired) electrons. The fourth-order valence-corrected chi connectivity index (χ4v) is 4.45. The molecule has 0 unspecified atom stereocenters. The highest BCUT2D eigenvalue weighted by Gasteiger charge is 2.31. The average molecular weight is 396 g/mol. The number of sulfonamides is 1. The van der Waals surface area contributed by atoms with Crippen molar-refractivity contribution in [2.24, 2.45) is 0 Å². The molecule has 0 bridgehead atoms. The molecule has 28 heavy (non-hydrogen) atoms. The van der Waals surface area contributed by atoms with Crippen LogP contribution in [0.15, 0.2) is 94.9 Å². The van der Waals surface area contributed by atoms with E-state index >= 15 is 0 Å². The molecular formula is C23H25NO3S. The molecule has 3 rings (SSSR count). The van der Waals surface area contributed by atoms with E-state index in [1.807, 2.05) is 68.5 Å². The van der Waals surface area contributed by atoms with Crippen LogP contribution < -0.4 is 4.74 Å². The van der Waals surface area contributed by atoms with Crippen LogP contribution in [0.1, 0.15) is 12.5 Å². The Bertz CT molecular complexity index is 1000. The number of hydrogen-bond acceptors (Lipinski definition) is 3. The molecule has 0 saturated heterocycles. The van der Waals surface area contributed by atoms with Crippen LogP contribution in [0.4, 0.5) is 0 Å². The number of aryl methyl sites for hydroxylation is 1. The third kappa shape index (κ3) is 4.61. The van der Waals surface area contributed by atoms with E-state index in [0.29, 0.717) is 24.6 Å². The minimum Gasteiger partial charge on any atom is -0.490 e. The van der Waals surface area contributed by atoms with Gasteiger partial charge in [0.1, 0.15) is 12.4 Å². The third-order valence-corrected chi connectivity index (χ3v) is 6.46. The summed E-state index contributed by atoms with van der Waals surface area (Å²) in [5.41, 5.74) is 3.83. The molecule has 1 aliphatic rings. The quantitative estimate of drug-likeness (QED) is 0.693. The lowest BCUT2D eigenvalue weighted by Gasteiger charge is -2.17. The van der Waals surface area contributed by atoms with Gasteiger partial charge < -0.3 is 4.74 Å². The molecular weight excluding hydrogens is 370 g/mol. The standard InChI is InChI=1S/C23H25NO3S/c1-18(2)23-17-24(28(25,26)22-13-11-19(3)12-14-22)16-20(23)8-7-15-27-21-9-5-4-6-10-21/h4-14H,1,15-17H2,2-3H3/b8-7+. The summed E-state index contributed by atoms with van der Waals surface area (Å²) in [6.07, 6.45) is 3.85. The Morgan fingerprint density at radius 1 is 1.11 bits per heavy atom. The van der Waals surface area contributed by atoms with Crippen molar-refractivity contribution in [3.05, 3.63) is 95.6 Å². The van der Waals surface area contributed by atoms with Crippen LogP contribution >= 0.6 is 0 Å². The smallest absolute Gasteiger partial charge is 0.243 e. The summed E-state index contributed by atoms with van der Waals surface area (Å²) >= 11 is 0. The van der Waals surface area contributed by atoms with Gasteiger partial charge in [-0.2, -0.15) is 4.31 Å². The maximum absolute atomic E-state index is 13.0. The highest BCUT2D eigenvalue weighted by molar-refractivity contribution is 7.89. The molecule has 4 nitrogen and oxygen atoms in total. The van der Waals surface area contributed by atoms with Crippen LogP contribution in [0, 0.1) is 6.92 Å². The number of rotatable bonds is 7. The molecule has 0 aromatic heterocycles. The van der Waals surface area contributed by atoms with E-state index in [-0.39, 0.29) is 0 Å².